The van der Waals surface area contributed by atoms with E-state index in [0.717, 1.165) is 16.5 Å². The van der Waals surface area contributed by atoms with Crippen LogP contribution < -0.4 is 20.3 Å². The van der Waals surface area contributed by atoms with Gasteiger partial charge in [-0.2, -0.15) is 13.2 Å². The molecule has 45 heavy (non-hydrogen) atoms. The highest BCUT2D eigenvalue weighted by atomic mass is 32.1. The molecule has 15 heteroatoms. The number of carbonyl (C=O) groups excluding carboxylic acids is 2. The Balaban J connectivity index is 1.09. The van der Waals surface area contributed by atoms with Crippen molar-refractivity contribution in [2.75, 3.05) is 22.1 Å². The average Bonchev–Trinajstić information content (AvgIpc) is 3.64. The maximum Gasteiger partial charge on any atom is 0.417 e. The summed E-state index contributed by atoms with van der Waals surface area (Å²) in [5, 5.41) is 15.2. The number of amides is 3. The Kier molecular flexibility index (Phi) is 8.10. The molecule has 1 aliphatic heterocycles. The number of rotatable bonds is 7. The number of aliphatic hydroxyl groups is 1. The number of nitrogens with one attached hydrogen (secondary N) is 2. The first-order chi connectivity index (χ1) is 21.6. The Labute approximate surface area is 257 Å². The minimum atomic E-state index is -4.65. The number of aliphatic hydroxyl groups excluding tert-OH is 1. The molecule has 11 nitrogen and oxygen atoms in total. The number of nitrogens with zero attached hydrogens (tertiary/aromatic N) is 5. The van der Waals surface area contributed by atoms with E-state index in [1.165, 1.54) is 28.6 Å². The normalized spacial score (nSPS) is 14.8. The molecule has 0 spiro atoms. The quantitative estimate of drug-likeness (QED) is 0.192. The number of benzene rings is 2. The summed E-state index contributed by atoms with van der Waals surface area (Å²) in [5.74, 6) is 0.268. The zero-order valence-electron chi connectivity index (χ0n) is 23.0. The topological polar surface area (TPSA) is 142 Å². The fraction of sp³-hybridized carbons (Fsp3) is 0.133. The number of anilines is 3. The number of hydrogen-bond acceptors (Lipinski definition) is 9. The molecule has 3 N–H and O–H groups in total. The molecule has 0 radical (unpaired) electrons. The second kappa shape index (κ2) is 12.3. The van der Waals surface area contributed by atoms with E-state index in [2.05, 4.69) is 30.6 Å². The fourth-order valence-electron chi connectivity index (χ4n) is 4.45. The molecular weight excluding hydrogens is 611 g/mol. The molecule has 4 heterocycles. The van der Waals surface area contributed by atoms with Gasteiger partial charge < -0.3 is 20.5 Å². The molecule has 0 bridgehead atoms. The SMILES string of the molecule is O=C(Nc1cnc(Oc2ccc(-c3cnc(N4C[C@@H](O)CC4=O)s3)cc2)nc1)Nc1cc(C(F)(F)F)cnc1-c1ccccc1. The molecule has 5 aromatic rings. The van der Waals surface area contributed by atoms with Crippen LogP contribution in [-0.2, 0) is 11.0 Å². The third kappa shape index (κ3) is 6.89. The van der Waals surface area contributed by atoms with Crippen LogP contribution in [0.3, 0.4) is 0 Å². The van der Waals surface area contributed by atoms with Crippen LogP contribution >= 0.6 is 11.3 Å². The van der Waals surface area contributed by atoms with Gasteiger partial charge in [0.2, 0.25) is 5.91 Å². The van der Waals surface area contributed by atoms with Crippen molar-refractivity contribution in [2.45, 2.75) is 18.7 Å². The predicted octanol–water partition coefficient (Wildman–Crippen LogP) is 6.21. The molecule has 1 aliphatic rings. The van der Waals surface area contributed by atoms with Gasteiger partial charge in [0.05, 0.1) is 59.0 Å². The molecule has 3 amide bonds. The number of ether oxygens (including phenoxy) is 1. The lowest BCUT2D eigenvalue weighted by Crippen LogP contribution is -2.24. The monoisotopic (exact) mass is 633 g/mol. The molecule has 0 unspecified atom stereocenters. The number of alkyl halides is 3. The molecule has 2 aromatic carbocycles. The maximum absolute atomic E-state index is 13.3. The molecule has 3 aromatic heterocycles. The van der Waals surface area contributed by atoms with Crippen LogP contribution in [0.15, 0.2) is 85.5 Å². The van der Waals surface area contributed by atoms with E-state index in [9.17, 15) is 27.9 Å². The summed E-state index contributed by atoms with van der Waals surface area (Å²) in [5.41, 5.74) is 0.567. The summed E-state index contributed by atoms with van der Waals surface area (Å²) >= 11 is 1.33. The molecule has 6 rings (SSSR count). The minimum Gasteiger partial charge on any atom is -0.424 e. The van der Waals surface area contributed by atoms with Crippen molar-refractivity contribution in [1.82, 2.24) is 19.9 Å². The Morgan fingerprint density at radius 3 is 2.33 bits per heavy atom. The molecule has 1 fully saturated rings. The van der Waals surface area contributed by atoms with Crippen LogP contribution in [-0.4, -0.2) is 49.6 Å². The van der Waals surface area contributed by atoms with Crippen molar-refractivity contribution in [3.8, 4) is 33.5 Å². The van der Waals surface area contributed by atoms with Crippen LogP contribution in [0.2, 0.25) is 0 Å². The number of hydrogen-bond donors (Lipinski definition) is 3. The van der Waals surface area contributed by atoms with Gasteiger partial charge in [0.1, 0.15) is 5.75 Å². The second-order valence-corrected chi connectivity index (χ2v) is 10.8. The second-order valence-electron chi connectivity index (χ2n) is 9.81. The number of β-amino-alcohol motifs (C(OH)–C–C–N with tert-alkyl or cyclic N) is 1. The fourth-order valence-corrected chi connectivity index (χ4v) is 5.40. The Bertz CT molecular complexity index is 1840. The highest BCUT2D eigenvalue weighted by Crippen LogP contribution is 2.35. The van der Waals surface area contributed by atoms with Gasteiger partial charge in [-0.3, -0.25) is 14.7 Å². The Hall–Kier alpha value is -5.41. The van der Waals surface area contributed by atoms with Crippen LogP contribution in [0.5, 0.6) is 11.8 Å². The Morgan fingerprint density at radius 1 is 0.933 bits per heavy atom. The van der Waals surface area contributed by atoms with E-state index in [1.54, 1.807) is 60.8 Å². The third-order valence-electron chi connectivity index (χ3n) is 6.57. The van der Waals surface area contributed by atoms with Gasteiger partial charge in [-0.1, -0.05) is 41.7 Å². The van der Waals surface area contributed by atoms with Crippen molar-refractivity contribution >= 4 is 39.8 Å². The van der Waals surface area contributed by atoms with Gasteiger partial charge in [0.25, 0.3) is 0 Å². The molecule has 1 saturated heterocycles. The summed E-state index contributed by atoms with van der Waals surface area (Å²) in [6.07, 6.45) is -0.315. The van der Waals surface area contributed by atoms with E-state index < -0.39 is 23.9 Å². The maximum atomic E-state index is 13.3. The van der Waals surface area contributed by atoms with Gasteiger partial charge in [-0.25, -0.2) is 19.7 Å². The largest absolute Gasteiger partial charge is 0.424 e. The van der Waals surface area contributed by atoms with Gasteiger partial charge >= 0.3 is 18.2 Å². The first-order valence-corrected chi connectivity index (χ1v) is 14.2. The number of halogens is 3. The minimum absolute atomic E-state index is 0.00618. The van der Waals surface area contributed by atoms with Crippen LogP contribution in [0.25, 0.3) is 21.7 Å². The first-order valence-electron chi connectivity index (χ1n) is 13.4. The standard InChI is InChI=1S/C30H22F3N7O4S/c31-30(32,33)19-10-23(26(34-12-19)18-4-2-1-3-5-18)39-27(43)38-20-13-35-28(36-14-20)44-22-8-6-17(7-9-22)24-15-37-29(45-24)40-16-21(41)11-25(40)42/h1-10,12-15,21,41H,11,16H2,(H2,38,39,43)/t21-/m0/s1. The van der Waals surface area contributed by atoms with Crippen molar-refractivity contribution in [1.29, 1.82) is 0 Å². The van der Waals surface area contributed by atoms with E-state index in [1.807, 2.05) is 0 Å². The molecule has 1 atom stereocenters. The van der Waals surface area contributed by atoms with E-state index >= 15 is 0 Å². The number of thiazole rings is 1. The lowest BCUT2D eigenvalue weighted by molar-refractivity contribution is -0.137. The lowest BCUT2D eigenvalue weighted by Gasteiger charge is -2.14. The molecule has 0 aliphatic carbocycles. The average molecular weight is 634 g/mol. The zero-order valence-corrected chi connectivity index (χ0v) is 23.8. The Morgan fingerprint density at radius 2 is 1.67 bits per heavy atom. The van der Waals surface area contributed by atoms with Gasteiger partial charge in [-0.05, 0) is 35.9 Å². The summed E-state index contributed by atoms with van der Waals surface area (Å²) in [4.78, 5) is 43.5. The van der Waals surface area contributed by atoms with Crippen molar-refractivity contribution < 1.29 is 32.6 Å². The van der Waals surface area contributed by atoms with Crippen LogP contribution in [0.4, 0.5) is 34.5 Å². The summed E-state index contributed by atoms with van der Waals surface area (Å²) < 4.78 is 45.7. The number of carbonyl (C=O) groups is 2. The van der Waals surface area contributed by atoms with Crippen LogP contribution in [0, 0.1) is 0 Å². The molecular formula is C30H22F3N7O4S. The highest BCUT2D eigenvalue weighted by molar-refractivity contribution is 7.19. The van der Waals surface area contributed by atoms with E-state index in [-0.39, 0.29) is 42.0 Å². The third-order valence-corrected chi connectivity index (χ3v) is 7.64. The van der Waals surface area contributed by atoms with Crippen molar-refractivity contribution in [3.63, 3.8) is 0 Å². The van der Waals surface area contributed by atoms with E-state index in [0.29, 0.717) is 22.6 Å². The van der Waals surface area contributed by atoms with Gasteiger partial charge in [-0.15, -0.1) is 0 Å². The number of urea groups is 1. The first kappa shape index (κ1) is 29.7. The lowest BCUT2D eigenvalue weighted by atomic mass is 10.1. The number of pyridine rings is 1. The van der Waals surface area contributed by atoms with Crippen molar-refractivity contribution in [2.24, 2.45) is 0 Å². The van der Waals surface area contributed by atoms with Crippen molar-refractivity contribution in [3.05, 3.63) is 91.0 Å². The summed E-state index contributed by atoms with van der Waals surface area (Å²) in [7, 11) is 0. The summed E-state index contributed by atoms with van der Waals surface area (Å²) in [6, 6.07) is 15.5. The summed E-state index contributed by atoms with van der Waals surface area (Å²) in [6.45, 7) is 0.222. The van der Waals surface area contributed by atoms with Gasteiger partial charge in [0, 0.05) is 18.0 Å². The molecule has 0 saturated carbocycles. The smallest absolute Gasteiger partial charge is 0.417 e. The zero-order chi connectivity index (χ0) is 31.6. The van der Waals surface area contributed by atoms with E-state index in [4.69, 9.17) is 4.74 Å². The predicted molar refractivity (Wildman–Crippen MR) is 160 cm³/mol. The van der Waals surface area contributed by atoms with Crippen LogP contribution in [0.1, 0.15) is 12.0 Å². The van der Waals surface area contributed by atoms with Gasteiger partial charge in [0.15, 0.2) is 5.13 Å². The molecule has 228 valence electrons. The number of aromatic nitrogens is 4. The highest BCUT2D eigenvalue weighted by Gasteiger charge is 2.32.